The van der Waals surface area contributed by atoms with Crippen LogP contribution in [-0.2, 0) is 11.3 Å². The molecule has 1 unspecified atom stereocenters. The molecule has 2 aromatic rings. The molecule has 1 N–H and O–H groups in total. The summed E-state index contributed by atoms with van der Waals surface area (Å²) >= 11 is 8.38. The molecule has 1 atom stereocenters. The van der Waals surface area contributed by atoms with Gasteiger partial charge in [-0.05, 0) is 37.9 Å². The Balaban J connectivity index is 0.00000256. The molecule has 1 aliphatic heterocycles. The van der Waals surface area contributed by atoms with Gasteiger partial charge in [0.25, 0.3) is 0 Å². The topological polar surface area (TPSA) is 52.7 Å². The van der Waals surface area contributed by atoms with Gasteiger partial charge in [0, 0.05) is 55.1 Å². The maximum atomic E-state index is 13.8. The molecule has 1 amide bonds. The van der Waals surface area contributed by atoms with Crippen LogP contribution in [0, 0.1) is 5.82 Å². The number of carbonyl (C=O) groups is 2. The molecule has 2 heterocycles. The van der Waals surface area contributed by atoms with Crippen LogP contribution in [-0.4, -0.2) is 54.2 Å². The standard InChI is InChI=1S/C20H20Br2FN3O2S.ClH/c21-18-17-15(27)9-14(19(17)29-20(18)22)24-16(28)11-26-7-5-25(6-8-26)10-12-3-1-2-4-13(12)23;/h1-4,14H,5-11H2,(H,24,28);1H. The Labute approximate surface area is 201 Å². The van der Waals surface area contributed by atoms with Crippen molar-refractivity contribution < 1.29 is 14.0 Å². The van der Waals surface area contributed by atoms with Crippen LogP contribution < -0.4 is 5.32 Å². The minimum Gasteiger partial charge on any atom is -0.347 e. The lowest BCUT2D eigenvalue weighted by atomic mass is 10.2. The number of carbonyl (C=O) groups excluding carboxylic acids is 2. The highest BCUT2D eigenvalue weighted by atomic mass is 79.9. The van der Waals surface area contributed by atoms with Gasteiger partial charge in [0.2, 0.25) is 5.91 Å². The summed E-state index contributed by atoms with van der Waals surface area (Å²) in [7, 11) is 0. The minimum atomic E-state index is -0.250. The molecule has 0 bridgehead atoms. The summed E-state index contributed by atoms with van der Waals surface area (Å²) in [6.45, 7) is 3.99. The van der Waals surface area contributed by atoms with Gasteiger partial charge >= 0.3 is 0 Å². The fourth-order valence-corrected chi connectivity index (χ4v) is 6.33. The number of fused-ring (bicyclic) bond motifs is 1. The van der Waals surface area contributed by atoms with Crippen LogP contribution in [0.4, 0.5) is 4.39 Å². The molecule has 1 aromatic heterocycles. The second kappa shape index (κ2) is 10.2. The molecule has 5 nitrogen and oxygen atoms in total. The van der Waals surface area contributed by atoms with Crippen molar-refractivity contribution in [2.45, 2.75) is 19.0 Å². The van der Waals surface area contributed by atoms with Gasteiger partial charge in [-0.1, -0.05) is 18.2 Å². The van der Waals surface area contributed by atoms with E-state index in [0.717, 1.165) is 39.3 Å². The number of thiophene rings is 1. The smallest absolute Gasteiger partial charge is 0.234 e. The zero-order chi connectivity index (χ0) is 20.5. The molecule has 30 heavy (non-hydrogen) atoms. The highest BCUT2D eigenvalue weighted by Gasteiger charge is 2.35. The molecule has 1 aromatic carbocycles. The van der Waals surface area contributed by atoms with Gasteiger partial charge in [0.15, 0.2) is 5.78 Å². The maximum absolute atomic E-state index is 13.8. The predicted molar refractivity (Wildman–Crippen MR) is 125 cm³/mol. The molecule has 1 saturated heterocycles. The Bertz CT molecular complexity index is 950. The van der Waals surface area contributed by atoms with E-state index in [1.54, 1.807) is 6.07 Å². The van der Waals surface area contributed by atoms with Gasteiger partial charge in [0.1, 0.15) is 5.82 Å². The van der Waals surface area contributed by atoms with Crippen LogP contribution in [0.1, 0.15) is 33.3 Å². The van der Waals surface area contributed by atoms with Crippen LogP contribution in [0.3, 0.4) is 0 Å². The van der Waals surface area contributed by atoms with Crippen molar-refractivity contribution in [1.29, 1.82) is 0 Å². The van der Waals surface area contributed by atoms with Gasteiger partial charge in [-0.3, -0.25) is 19.4 Å². The molecular formula is C20H21Br2ClFN3O2S. The summed E-state index contributed by atoms with van der Waals surface area (Å²) in [5.41, 5.74) is 1.39. The van der Waals surface area contributed by atoms with Gasteiger partial charge in [0.05, 0.1) is 20.8 Å². The fourth-order valence-electron chi connectivity index (χ4n) is 3.82. The molecule has 10 heteroatoms. The van der Waals surface area contributed by atoms with E-state index in [0.29, 0.717) is 30.6 Å². The number of nitrogens with zero attached hydrogens (tertiary/aromatic N) is 2. The molecule has 2 aliphatic rings. The number of hydrogen-bond donors (Lipinski definition) is 1. The lowest BCUT2D eigenvalue weighted by Gasteiger charge is -2.34. The molecule has 0 spiro atoms. The number of piperazine rings is 1. The highest BCUT2D eigenvalue weighted by molar-refractivity contribution is 9.13. The summed E-state index contributed by atoms with van der Waals surface area (Å²) in [5, 5.41) is 3.02. The molecule has 0 saturated carbocycles. The first-order valence-corrected chi connectivity index (χ1v) is 11.8. The average Bonchev–Trinajstić information content (AvgIpc) is 3.15. The van der Waals surface area contributed by atoms with Gasteiger partial charge in [-0.2, -0.15) is 0 Å². The summed E-state index contributed by atoms with van der Waals surface area (Å²) in [4.78, 5) is 30.0. The Kier molecular flexibility index (Phi) is 8.09. The number of ketones is 1. The second-order valence-electron chi connectivity index (χ2n) is 7.32. The van der Waals surface area contributed by atoms with Crippen molar-refractivity contribution in [2.24, 2.45) is 0 Å². The van der Waals surface area contributed by atoms with Crippen LogP contribution in [0.5, 0.6) is 0 Å². The van der Waals surface area contributed by atoms with Crippen LogP contribution in [0.15, 0.2) is 32.5 Å². The van der Waals surface area contributed by atoms with E-state index in [2.05, 4.69) is 47.0 Å². The third kappa shape index (κ3) is 5.14. The second-order valence-corrected chi connectivity index (χ2v) is 10.5. The van der Waals surface area contributed by atoms with Crippen molar-refractivity contribution in [3.8, 4) is 0 Å². The van der Waals surface area contributed by atoms with E-state index in [9.17, 15) is 14.0 Å². The molecule has 162 valence electrons. The maximum Gasteiger partial charge on any atom is 0.234 e. The summed E-state index contributed by atoms with van der Waals surface area (Å²) in [6, 6.07) is 6.60. The van der Waals surface area contributed by atoms with Gasteiger partial charge in [-0.15, -0.1) is 23.7 Å². The average molecular weight is 582 g/mol. The van der Waals surface area contributed by atoms with Crippen molar-refractivity contribution in [3.05, 3.63) is 54.3 Å². The number of benzene rings is 1. The first kappa shape index (κ1) is 23.8. The van der Waals surface area contributed by atoms with Crippen molar-refractivity contribution in [1.82, 2.24) is 15.1 Å². The van der Waals surface area contributed by atoms with E-state index >= 15 is 0 Å². The number of Topliss-reactive ketones (excluding diaryl/α,β-unsaturated/α-hetero) is 1. The van der Waals surface area contributed by atoms with Crippen LogP contribution in [0.25, 0.3) is 0 Å². The summed E-state index contributed by atoms with van der Waals surface area (Å²) < 4.78 is 15.5. The lowest BCUT2D eigenvalue weighted by molar-refractivity contribution is -0.123. The third-order valence-electron chi connectivity index (χ3n) is 5.34. The number of amides is 1. The van der Waals surface area contributed by atoms with Crippen molar-refractivity contribution in [2.75, 3.05) is 32.7 Å². The Hall–Kier alpha value is -0.840. The normalized spacial score (nSPS) is 19.4. The predicted octanol–water partition coefficient (Wildman–Crippen LogP) is 4.40. The number of hydrogen-bond acceptors (Lipinski definition) is 5. The number of rotatable bonds is 5. The van der Waals surface area contributed by atoms with E-state index in [1.807, 2.05) is 12.1 Å². The summed E-state index contributed by atoms with van der Waals surface area (Å²) in [5.74, 6) is -0.189. The molecule has 1 fully saturated rings. The summed E-state index contributed by atoms with van der Waals surface area (Å²) in [6.07, 6.45) is 0.315. The SMILES string of the molecule is Cl.O=C(CN1CCN(Cc2ccccc2F)CC1)NC1CC(=O)c2c1sc(Br)c2Br. The Morgan fingerprint density at radius 2 is 1.83 bits per heavy atom. The molecule has 4 rings (SSSR count). The van der Waals surface area contributed by atoms with Crippen molar-refractivity contribution in [3.63, 3.8) is 0 Å². The van der Waals surface area contributed by atoms with E-state index in [1.165, 1.54) is 17.4 Å². The highest BCUT2D eigenvalue weighted by Crippen LogP contribution is 2.46. The zero-order valence-corrected chi connectivity index (χ0v) is 20.8. The first-order chi connectivity index (χ1) is 13.9. The Morgan fingerprint density at radius 1 is 1.17 bits per heavy atom. The van der Waals surface area contributed by atoms with Crippen LogP contribution >= 0.6 is 55.6 Å². The molecule has 0 radical (unpaired) electrons. The van der Waals surface area contributed by atoms with E-state index in [4.69, 9.17) is 0 Å². The van der Waals surface area contributed by atoms with Crippen molar-refractivity contribution >= 4 is 67.3 Å². The zero-order valence-electron chi connectivity index (χ0n) is 16.0. The van der Waals surface area contributed by atoms with E-state index < -0.39 is 0 Å². The number of nitrogens with one attached hydrogen (secondary N) is 1. The molecular weight excluding hydrogens is 561 g/mol. The lowest BCUT2D eigenvalue weighted by Crippen LogP contribution is -2.49. The Morgan fingerprint density at radius 3 is 2.53 bits per heavy atom. The largest absolute Gasteiger partial charge is 0.347 e. The van der Waals surface area contributed by atoms with E-state index in [-0.39, 0.29) is 36.0 Å². The first-order valence-electron chi connectivity index (χ1n) is 9.40. The number of halogens is 4. The fraction of sp³-hybridized carbons (Fsp3) is 0.400. The quantitative estimate of drug-likeness (QED) is 0.569. The minimum absolute atomic E-state index is 0. The molecule has 1 aliphatic carbocycles. The third-order valence-corrected chi connectivity index (χ3v) is 8.90. The van der Waals surface area contributed by atoms with Gasteiger partial charge < -0.3 is 5.32 Å². The monoisotopic (exact) mass is 579 g/mol. The van der Waals surface area contributed by atoms with Crippen LogP contribution in [0.2, 0.25) is 0 Å². The van der Waals surface area contributed by atoms with Gasteiger partial charge in [-0.25, -0.2) is 4.39 Å².